The van der Waals surface area contributed by atoms with E-state index in [1.165, 1.54) is 31.3 Å². The number of ether oxygens (including phenoxy) is 1. The Labute approximate surface area is 531 Å². The summed E-state index contributed by atoms with van der Waals surface area (Å²) in [6, 6.07) is 16.4. The number of para-hydroxylation sites is 1. The molecule has 1 aromatic heterocycles. The number of phenolic OH excluding ortho intramolecular Hbond substituents is 1. The minimum atomic E-state index is -1.82. The van der Waals surface area contributed by atoms with Gasteiger partial charge in [-0.1, -0.05) is 99.0 Å². The summed E-state index contributed by atoms with van der Waals surface area (Å²) in [7, 11) is 1.33. The van der Waals surface area contributed by atoms with Crippen molar-refractivity contribution in [3.05, 3.63) is 132 Å². The van der Waals surface area contributed by atoms with Crippen molar-refractivity contribution in [3.63, 3.8) is 0 Å². The molecule has 27 nitrogen and oxygen atoms in total. The van der Waals surface area contributed by atoms with E-state index in [0.717, 1.165) is 16.2 Å². The fourth-order valence-corrected chi connectivity index (χ4v) is 11.0. The third-order valence-electron chi connectivity index (χ3n) is 16.0. The van der Waals surface area contributed by atoms with Crippen LogP contribution in [0.15, 0.2) is 109 Å². The van der Waals surface area contributed by atoms with Crippen LogP contribution >= 0.6 is 0 Å². The summed E-state index contributed by atoms with van der Waals surface area (Å²) in [5.74, 6) is -9.99. The third kappa shape index (κ3) is 20.1. The number of nitrogens with zero attached hydrogens (tertiary/aromatic N) is 2. The number of nitrogens with one attached hydrogen (secondary N) is 9. The lowest BCUT2D eigenvalue weighted by atomic mass is 10.00. The van der Waals surface area contributed by atoms with E-state index in [1.807, 2.05) is 19.1 Å². The number of aromatic amines is 1. The van der Waals surface area contributed by atoms with Crippen molar-refractivity contribution in [1.82, 2.24) is 57.3 Å². The number of unbranched alkanes of at least 4 members (excludes halogenated alkanes) is 2. The number of H-pyrrole nitrogens is 1. The second-order valence-corrected chi connectivity index (χ2v) is 22.8. The normalized spacial score (nSPS) is 22.4. The van der Waals surface area contributed by atoms with Gasteiger partial charge in [-0.25, -0.2) is 0 Å². The lowest BCUT2D eigenvalue weighted by Crippen LogP contribution is -2.60. The van der Waals surface area contributed by atoms with Crippen molar-refractivity contribution in [1.29, 1.82) is 0 Å². The number of carboxylic acids is 1. The van der Waals surface area contributed by atoms with E-state index >= 15 is 4.79 Å². The van der Waals surface area contributed by atoms with Crippen LogP contribution in [0.1, 0.15) is 80.5 Å². The number of aliphatic hydroxyl groups is 1. The van der Waals surface area contributed by atoms with E-state index in [9.17, 15) is 63.3 Å². The van der Waals surface area contributed by atoms with Crippen molar-refractivity contribution < 1.29 is 72.8 Å². The molecular weight excluding hydrogens is 1190 g/mol. The molecule has 27 heteroatoms. The van der Waals surface area contributed by atoms with Crippen molar-refractivity contribution in [2.75, 3.05) is 46.4 Å². The van der Waals surface area contributed by atoms with Gasteiger partial charge in [0.1, 0.15) is 66.4 Å². The Bertz CT molecular complexity index is 3380. The quantitative estimate of drug-likeness (QED) is 0.0480. The van der Waals surface area contributed by atoms with Crippen LogP contribution in [0.5, 0.6) is 11.5 Å². The zero-order valence-corrected chi connectivity index (χ0v) is 51.5. The Morgan fingerprint density at radius 2 is 1.17 bits per heavy atom. The van der Waals surface area contributed by atoms with Crippen LogP contribution < -0.4 is 53.0 Å². The molecule has 7 rings (SSSR count). The number of carbonyl (C=O) groups is 11. The number of carboxylic acid groups (broad SMARTS) is 1. The number of aromatic nitrogens is 1. The van der Waals surface area contributed by atoms with Gasteiger partial charge in [0.2, 0.25) is 59.1 Å². The molecule has 4 aromatic carbocycles. The van der Waals surface area contributed by atoms with Gasteiger partial charge in [0.15, 0.2) is 0 Å². The number of carbonyl (C=O) groups excluding carboxylic acids is 10. The van der Waals surface area contributed by atoms with Crippen molar-refractivity contribution >= 4 is 75.9 Å². The number of fused-ring (bicyclic) bond motifs is 2. The molecule has 3 heterocycles. The van der Waals surface area contributed by atoms with Gasteiger partial charge in [-0.15, -0.1) is 0 Å². The van der Waals surface area contributed by atoms with Crippen LogP contribution in [0.2, 0.25) is 0 Å². The summed E-state index contributed by atoms with van der Waals surface area (Å²) < 4.78 is 5.68. The Morgan fingerprint density at radius 3 is 1.85 bits per heavy atom. The monoisotopic (exact) mass is 1270 g/mol. The first-order valence-corrected chi connectivity index (χ1v) is 30.8. The largest absolute Gasteiger partial charge is 0.508 e. The van der Waals surface area contributed by atoms with Gasteiger partial charge in [0.25, 0.3) is 0 Å². The lowest BCUT2D eigenvalue weighted by molar-refractivity contribution is -0.146. The van der Waals surface area contributed by atoms with E-state index in [4.69, 9.17) is 10.5 Å². The highest BCUT2D eigenvalue weighted by molar-refractivity contribution is 6.00. The van der Waals surface area contributed by atoms with Gasteiger partial charge >= 0.3 is 5.97 Å². The zero-order chi connectivity index (χ0) is 66.3. The number of aliphatic hydroxyl groups excluding tert-OH is 1. The predicted molar refractivity (Wildman–Crippen MR) is 336 cm³/mol. The summed E-state index contributed by atoms with van der Waals surface area (Å²) in [6.07, 6.45) is 1.74. The Balaban J connectivity index is 1.27. The van der Waals surface area contributed by atoms with Crippen LogP contribution in [0.4, 0.5) is 0 Å². The molecular formula is C65H82N12O15. The first-order chi connectivity index (χ1) is 44.2. The summed E-state index contributed by atoms with van der Waals surface area (Å²) in [6.45, 7) is 0.180. The number of aromatic hydroxyl groups is 1. The van der Waals surface area contributed by atoms with Gasteiger partial charge in [-0.3, -0.25) is 52.7 Å². The molecule has 5 aromatic rings. The summed E-state index contributed by atoms with van der Waals surface area (Å²) in [5.41, 5.74) is 8.52. The minimum Gasteiger partial charge on any atom is -0.508 e. The average Bonchev–Trinajstić information content (AvgIpc) is 1.64. The second kappa shape index (κ2) is 34.3. The fraction of sp³-hybridized carbons (Fsp3) is 0.431. The molecule has 14 N–H and O–H groups in total. The highest BCUT2D eigenvalue weighted by Crippen LogP contribution is 2.23. The van der Waals surface area contributed by atoms with Gasteiger partial charge < -0.3 is 83.1 Å². The number of nitrogens with two attached hydrogens (primary N) is 1. The summed E-state index contributed by atoms with van der Waals surface area (Å²) in [5, 5.41) is 52.0. The number of rotatable bonds is 19. The summed E-state index contributed by atoms with van der Waals surface area (Å²) >= 11 is 0. The molecule has 92 heavy (non-hydrogen) atoms. The molecule has 2 aliphatic heterocycles. The van der Waals surface area contributed by atoms with Crippen molar-refractivity contribution in [2.45, 2.75) is 132 Å². The van der Waals surface area contributed by atoms with E-state index in [0.29, 0.717) is 51.7 Å². The Kier molecular flexibility index (Phi) is 26.0. The maximum absolute atomic E-state index is 15.0. The van der Waals surface area contributed by atoms with Crippen molar-refractivity contribution in [2.24, 2.45) is 5.73 Å². The van der Waals surface area contributed by atoms with E-state index in [1.54, 1.807) is 72.9 Å². The third-order valence-corrected chi connectivity index (χ3v) is 16.0. The van der Waals surface area contributed by atoms with Crippen LogP contribution in [-0.4, -0.2) is 190 Å². The molecule has 0 aliphatic carbocycles. The number of amides is 10. The number of benzene rings is 4. The molecule has 2 aliphatic rings. The average molecular weight is 1270 g/mol. The molecule has 0 unspecified atom stereocenters. The van der Waals surface area contributed by atoms with E-state index in [-0.39, 0.29) is 76.8 Å². The number of aliphatic carboxylic acids is 1. The zero-order valence-electron chi connectivity index (χ0n) is 51.5. The molecule has 8 atom stereocenters. The van der Waals surface area contributed by atoms with Gasteiger partial charge in [0, 0.05) is 69.5 Å². The number of hydrogen-bond donors (Lipinski definition) is 13. The maximum atomic E-state index is 15.0. The highest BCUT2D eigenvalue weighted by Gasteiger charge is 2.41. The minimum absolute atomic E-state index is 0.0308. The molecule has 2 saturated heterocycles. The van der Waals surface area contributed by atoms with Crippen molar-refractivity contribution in [3.8, 4) is 11.5 Å². The first kappa shape index (κ1) is 69.6. The van der Waals surface area contributed by atoms with E-state index < -0.39 is 139 Å². The molecule has 10 amide bonds. The van der Waals surface area contributed by atoms with Gasteiger partial charge in [-0.05, 0) is 78.3 Å². The number of likely N-dealkylation sites (N-methyl/N-ethyl adjacent to an activating group) is 1. The topological polar surface area (TPSA) is 402 Å². The van der Waals surface area contributed by atoms with Gasteiger partial charge in [-0.2, -0.15) is 0 Å². The number of hydrogen-bond acceptors (Lipinski definition) is 15. The highest BCUT2D eigenvalue weighted by atomic mass is 16.5. The second-order valence-electron chi connectivity index (χ2n) is 22.8. The van der Waals surface area contributed by atoms with Crippen LogP contribution in [0.25, 0.3) is 10.9 Å². The summed E-state index contributed by atoms with van der Waals surface area (Å²) in [4.78, 5) is 162. The Morgan fingerprint density at radius 1 is 0.609 bits per heavy atom. The van der Waals surface area contributed by atoms with Crippen LogP contribution in [0.3, 0.4) is 0 Å². The predicted octanol–water partition coefficient (Wildman–Crippen LogP) is -0.108. The number of phenols is 1. The molecule has 0 saturated carbocycles. The smallest absolute Gasteiger partial charge is 0.305 e. The lowest BCUT2D eigenvalue weighted by Gasteiger charge is -2.31. The Hall–Kier alpha value is -9.89. The molecule has 492 valence electrons. The van der Waals surface area contributed by atoms with Crippen LogP contribution in [-0.2, 0) is 78.4 Å². The molecule has 0 spiro atoms. The molecule has 0 radical (unpaired) electrons. The fourth-order valence-electron chi connectivity index (χ4n) is 11.0. The first-order valence-electron chi connectivity index (χ1n) is 30.8. The van der Waals surface area contributed by atoms with Gasteiger partial charge in [0.05, 0.1) is 19.5 Å². The van der Waals surface area contributed by atoms with Crippen LogP contribution in [0, 0.1) is 0 Å². The standard InChI is InChI=1S/C65H82N12O15/c1-3-4-6-16-47-60(86)73-51(34-42-36-67-46-15-10-9-14-45(42)46)59(85)68-37-55(80)70-49(31-40-18-22-43(79)23-19-40)61(87)75-52(35-57(82)83)65(91)77-28-11-17-53(77)63(89)72-48(26-29-78)58(84)69-38-56(81)76(2)54(33-39-12-7-5-8-13-39)64(90)74-50(62(88)71-47)32-41-20-24-44(25-21-41)92-30-27-66/h5,7-10,12-15,18-25,36,47-54,67,78-79H,3-4,6,11,16-17,26-35,37-38,66H2,1-2H3,(H,68,85)(H,69,84)(H,70,80)(H,71,88)(H,72,89)(H,73,86)(H,74,90)(H,75,87)(H,82,83)/t47-,48-,49-,50-,51-,52-,53+,54-/m0/s1. The molecule has 0 bridgehead atoms. The van der Waals surface area contributed by atoms with E-state index in [2.05, 4.69) is 47.5 Å². The maximum Gasteiger partial charge on any atom is 0.305 e. The molecule has 2 fully saturated rings. The SMILES string of the molecule is CCCCC[C@@H]1NC(=O)[C@H](Cc2ccc(OCCN)cc2)NC(=O)[C@H](Cc2ccccc2)N(C)C(=O)CNC(=O)[C@H](CCO)NC(=O)[C@H]2CCCN2C(=O)[C@H](CC(=O)O)NC(=O)[C@H](Cc2ccc(O)cc2)NC(=O)CNC(=O)[C@H](Cc2c[nH]c3ccccc23)NC1=O.